The minimum Gasteiger partial charge on any atom is -0.389 e. The smallest absolute Gasteiger partial charge is 0.227 e. The average molecular weight is 239 g/mol. The summed E-state index contributed by atoms with van der Waals surface area (Å²) in [6, 6.07) is 1.76. The number of rotatable bonds is 3. The molecule has 5 heteroatoms. The van der Waals surface area contributed by atoms with Gasteiger partial charge < -0.3 is 10.0 Å². The first-order valence-electron chi connectivity index (χ1n) is 5.10. The molecule has 86 valence electrons. The van der Waals surface area contributed by atoms with Crippen molar-refractivity contribution in [1.29, 1.82) is 0 Å². The maximum absolute atomic E-state index is 11.7. The predicted octanol–water partition coefficient (Wildman–Crippen LogP) is 0.696. The van der Waals surface area contributed by atoms with Crippen LogP contribution in [0.1, 0.15) is 22.2 Å². The van der Waals surface area contributed by atoms with Crippen LogP contribution >= 0.6 is 11.3 Å². The highest BCUT2D eigenvalue weighted by Gasteiger charge is 2.28. The van der Waals surface area contributed by atoms with Crippen LogP contribution in [0.2, 0.25) is 0 Å². The second kappa shape index (κ2) is 4.35. The van der Waals surface area contributed by atoms with Crippen molar-refractivity contribution in [1.82, 2.24) is 4.90 Å². The number of aliphatic hydroxyl groups is 1. The van der Waals surface area contributed by atoms with E-state index in [4.69, 9.17) is 5.11 Å². The standard InChI is InChI=1S/C11H13NO3S/c1-7(13)10-2-8(6-16-10)3-11(15)12-4-9(14)5-12/h2,6,9,14H,3-5H2,1H3. The zero-order valence-corrected chi connectivity index (χ0v) is 9.79. The summed E-state index contributed by atoms with van der Waals surface area (Å²) in [5.74, 6) is 0.0428. The van der Waals surface area contributed by atoms with E-state index in [9.17, 15) is 9.59 Å². The molecule has 0 unspecified atom stereocenters. The van der Waals surface area contributed by atoms with Crippen LogP contribution in [-0.2, 0) is 11.2 Å². The molecule has 0 radical (unpaired) electrons. The summed E-state index contributed by atoms with van der Waals surface area (Å²) in [5.41, 5.74) is 0.876. The molecule has 0 atom stereocenters. The summed E-state index contributed by atoms with van der Waals surface area (Å²) in [7, 11) is 0. The molecule has 2 rings (SSSR count). The molecule has 4 nitrogen and oxygen atoms in total. The lowest BCUT2D eigenvalue weighted by molar-refractivity contribution is -0.140. The molecular weight excluding hydrogens is 226 g/mol. The maximum Gasteiger partial charge on any atom is 0.227 e. The van der Waals surface area contributed by atoms with Crippen molar-refractivity contribution < 1.29 is 14.7 Å². The van der Waals surface area contributed by atoms with E-state index in [-0.39, 0.29) is 17.8 Å². The van der Waals surface area contributed by atoms with Gasteiger partial charge in [0.2, 0.25) is 5.91 Å². The summed E-state index contributed by atoms with van der Waals surface area (Å²) in [6.45, 7) is 2.38. The molecule has 0 bridgehead atoms. The van der Waals surface area contributed by atoms with Crippen LogP contribution in [0.4, 0.5) is 0 Å². The minimum absolute atomic E-state index is 0.0122. The number of aliphatic hydroxyl groups excluding tert-OH is 1. The Morgan fingerprint density at radius 1 is 1.56 bits per heavy atom. The van der Waals surface area contributed by atoms with E-state index in [1.165, 1.54) is 18.3 Å². The molecule has 0 aliphatic carbocycles. The molecule has 1 aromatic heterocycles. The number of thiophene rings is 1. The van der Waals surface area contributed by atoms with E-state index in [0.29, 0.717) is 24.4 Å². The largest absolute Gasteiger partial charge is 0.389 e. The Morgan fingerprint density at radius 3 is 2.75 bits per heavy atom. The number of amides is 1. The second-order valence-electron chi connectivity index (χ2n) is 4.00. The number of ketones is 1. The fourth-order valence-corrected chi connectivity index (χ4v) is 2.41. The van der Waals surface area contributed by atoms with Crippen molar-refractivity contribution in [2.45, 2.75) is 19.4 Å². The topological polar surface area (TPSA) is 57.6 Å². The van der Waals surface area contributed by atoms with Gasteiger partial charge >= 0.3 is 0 Å². The van der Waals surface area contributed by atoms with Crippen molar-refractivity contribution in [2.24, 2.45) is 0 Å². The Kier molecular flexibility index (Phi) is 3.07. The van der Waals surface area contributed by atoms with E-state index in [1.54, 1.807) is 11.0 Å². The normalized spacial score (nSPS) is 16.0. The van der Waals surface area contributed by atoms with E-state index >= 15 is 0 Å². The van der Waals surface area contributed by atoms with Gasteiger partial charge in [0.1, 0.15) is 0 Å². The van der Waals surface area contributed by atoms with Gasteiger partial charge in [-0.3, -0.25) is 9.59 Å². The Labute approximate surface area is 97.5 Å². The molecule has 0 saturated carbocycles. The van der Waals surface area contributed by atoms with Gasteiger partial charge in [-0.05, 0) is 23.9 Å². The highest BCUT2D eigenvalue weighted by atomic mass is 32.1. The van der Waals surface area contributed by atoms with E-state index < -0.39 is 0 Å². The zero-order chi connectivity index (χ0) is 11.7. The summed E-state index contributed by atoms with van der Waals surface area (Å²) in [5, 5.41) is 10.9. The number of carbonyl (C=O) groups excluding carboxylic acids is 2. The quantitative estimate of drug-likeness (QED) is 0.790. The number of Topliss-reactive ketones (excluding diaryl/α,β-unsaturated/α-hetero) is 1. The van der Waals surface area contributed by atoms with Gasteiger partial charge in [-0.15, -0.1) is 11.3 Å². The molecular formula is C11H13NO3S. The Hall–Kier alpha value is -1.20. The molecule has 1 aliphatic heterocycles. The first-order chi connectivity index (χ1) is 7.56. The minimum atomic E-state index is -0.362. The molecule has 1 aromatic rings. The fraction of sp³-hybridized carbons (Fsp3) is 0.455. The first-order valence-corrected chi connectivity index (χ1v) is 5.98. The van der Waals surface area contributed by atoms with Crippen molar-refractivity contribution in [3.05, 3.63) is 21.9 Å². The van der Waals surface area contributed by atoms with Gasteiger partial charge in [0, 0.05) is 13.1 Å². The molecule has 0 aromatic carbocycles. The van der Waals surface area contributed by atoms with Gasteiger partial charge in [0.05, 0.1) is 17.4 Å². The summed E-state index contributed by atoms with van der Waals surface area (Å²) >= 11 is 1.37. The molecule has 16 heavy (non-hydrogen) atoms. The Balaban J connectivity index is 1.93. The van der Waals surface area contributed by atoms with Gasteiger partial charge in [-0.25, -0.2) is 0 Å². The molecule has 1 N–H and O–H groups in total. The SMILES string of the molecule is CC(=O)c1cc(CC(=O)N2CC(O)C2)cs1. The summed E-state index contributed by atoms with van der Waals surface area (Å²) in [6.07, 6.45) is -0.0459. The van der Waals surface area contributed by atoms with Crippen LogP contribution in [-0.4, -0.2) is 40.9 Å². The number of nitrogens with zero attached hydrogens (tertiary/aromatic N) is 1. The summed E-state index contributed by atoms with van der Waals surface area (Å²) in [4.78, 5) is 25.0. The van der Waals surface area contributed by atoms with Gasteiger partial charge in [-0.2, -0.15) is 0 Å². The third-order valence-electron chi connectivity index (χ3n) is 2.57. The Morgan fingerprint density at radius 2 is 2.25 bits per heavy atom. The molecule has 2 heterocycles. The van der Waals surface area contributed by atoms with Crippen LogP contribution in [0.15, 0.2) is 11.4 Å². The lowest BCUT2D eigenvalue weighted by Gasteiger charge is -2.35. The van der Waals surface area contributed by atoms with Crippen molar-refractivity contribution in [3.8, 4) is 0 Å². The van der Waals surface area contributed by atoms with E-state index in [0.717, 1.165) is 5.56 Å². The Bertz CT molecular complexity index is 421. The monoisotopic (exact) mass is 239 g/mol. The van der Waals surface area contributed by atoms with Gasteiger partial charge in [-0.1, -0.05) is 0 Å². The summed E-state index contributed by atoms with van der Waals surface area (Å²) < 4.78 is 0. The maximum atomic E-state index is 11.7. The van der Waals surface area contributed by atoms with E-state index in [2.05, 4.69) is 0 Å². The number of likely N-dealkylation sites (tertiary alicyclic amines) is 1. The third-order valence-corrected chi connectivity index (χ3v) is 3.65. The molecule has 1 aliphatic rings. The van der Waals surface area contributed by atoms with Crippen LogP contribution in [0.3, 0.4) is 0 Å². The number of β-amino-alcohol motifs (C(OH)–C–C–N with tert-alkyl or cyclic N) is 1. The average Bonchev–Trinajstić information content (AvgIpc) is 2.61. The molecule has 0 spiro atoms. The highest BCUT2D eigenvalue weighted by molar-refractivity contribution is 7.12. The van der Waals surface area contributed by atoms with Crippen molar-refractivity contribution in [3.63, 3.8) is 0 Å². The van der Waals surface area contributed by atoms with Crippen LogP contribution in [0, 0.1) is 0 Å². The lowest BCUT2D eigenvalue weighted by Crippen LogP contribution is -2.53. The number of carbonyl (C=O) groups is 2. The first kappa shape index (κ1) is 11.3. The zero-order valence-electron chi connectivity index (χ0n) is 8.97. The molecule has 1 amide bonds. The van der Waals surface area contributed by atoms with Crippen LogP contribution < -0.4 is 0 Å². The molecule has 1 saturated heterocycles. The van der Waals surface area contributed by atoms with Gasteiger partial charge in [0.25, 0.3) is 0 Å². The van der Waals surface area contributed by atoms with Crippen molar-refractivity contribution >= 4 is 23.0 Å². The fourth-order valence-electron chi connectivity index (χ4n) is 1.60. The highest BCUT2D eigenvalue weighted by Crippen LogP contribution is 2.17. The predicted molar refractivity (Wildman–Crippen MR) is 60.6 cm³/mol. The van der Waals surface area contributed by atoms with Crippen LogP contribution in [0.5, 0.6) is 0 Å². The lowest BCUT2D eigenvalue weighted by atomic mass is 10.1. The second-order valence-corrected chi connectivity index (χ2v) is 4.92. The molecule has 1 fully saturated rings. The number of hydrogen-bond donors (Lipinski definition) is 1. The van der Waals surface area contributed by atoms with Gasteiger partial charge in [0.15, 0.2) is 5.78 Å². The third kappa shape index (κ3) is 2.31. The van der Waals surface area contributed by atoms with E-state index in [1.807, 2.05) is 5.38 Å². The van der Waals surface area contributed by atoms with Crippen molar-refractivity contribution in [2.75, 3.05) is 13.1 Å². The van der Waals surface area contributed by atoms with Crippen LogP contribution in [0.25, 0.3) is 0 Å². The number of hydrogen-bond acceptors (Lipinski definition) is 4.